The number of piperidine rings is 1. The van der Waals surface area contributed by atoms with E-state index in [0.717, 1.165) is 54.4 Å². The first-order chi connectivity index (χ1) is 17.2. The molecular weight excluding hydrogens is 436 g/mol. The molecule has 0 saturated carbocycles. The van der Waals surface area contributed by atoms with Crippen LogP contribution >= 0.6 is 0 Å². The number of rotatable bonds is 7. The number of carbonyl (C=O) groups is 1. The Kier molecular flexibility index (Phi) is 7.02. The number of aromatic nitrogens is 2. The minimum Gasteiger partial charge on any atom is -0.302 e. The lowest BCUT2D eigenvalue weighted by atomic mass is 9.90. The van der Waals surface area contributed by atoms with Crippen molar-refractivity contribution in [2.45, 2.75) is 25.8 Å². The van der Waals surface area contributed by atoms with Crippen LogP contribution < -0.4 is 5.48 Å². The number of benzene rings is 2. The highest BCUT2D eigenvalue weighted by molar-refractivity contribution is 5.91. The molecule has 1 aliphatic rings. The lowest BCUT2D eigenvalue weighted by Gasteiger charge is -2.32. The molecular formula is C29H30N4O2. The molecule has 0 aliphatic carbocycles. The normalized spacial score (nSPS) is 15.1. The molecule has 3 heterocycles. The number of imidazole rings is 1. The molecule has 4 aromatic rings. The number of carbonyl (C=O) groups excluding carboxylic acids is 1. The quantitative estimate of drug-likeness (QED) is 0.229. The molecule has 35 heavy (non-hydrogen) atoms. The number of nitrogens with zero attached hydrogens (tertiary/aromatic N) is 3. The number of amides is 1. The summed E-state index contributed by atoms with van der Waals surface area (Å²) in [6.07, 6.45) is 8.54. The van der Waals surface area contributed by atoms with Crippen molar-refractivity contribution in [3.05, 3.63) is 102 Å². The zero-order chi connectivity index (χ0) is 24.0. The average Bonchev–Trinajstić information content (AvgIpc) is 3.27. The van der Waals surface area contributed by atoms with Crippen LogP contribution in [0, 0.1) is 5.92 Å². The number of hydroxylamine groups is 1. The summed E-state index contributed by atoms with van der Waals surface area (Å²) in [5, 5.41) is 8.72. The van der Waals surface area contributed by atoms with Crippen molar-refractivity contribution in [1.29, 1.82) is 0 Å². The van der Waals surface area contributed by atoms with Gasteiger partial charge in [0.1, 0.15) is 5.65 Å². The Morgan fingerprint density at radius 1 is 1.03 bits per heavy atom. The zero-order valence-corrected chi connectivity index (χ0v) is 19.7. The van der Waals surface area contributed by atoms with Crippen molar-refractivity contribution in [3.8, 4) is 11.3 Å². The van der Waals surface area contributed by atoms with Gasteiger partial charge in [0.25, 0.3) is 5.91 Å². The molecule has 6 heteroatoms. The van der Waals surface area contributed by atoms with Crippen LogP contribution in [0.1, 0.15) is 29.7 Å². The number of fused-ring (bicyclic) bond motifs is 1. The van der Waals surface area contributed by atoms with E-state index in [1.165, 1.54) is 30.2 Å². The van der Waals surface area contributed by atoms with Crippen LogP contribution in [0.2, 0.25) is 0 Å². The highest BCUT2D eigenvalue weighted by Gasteiger charge is 2.23. The third-order valence-corrected chi connectivity index (χ3v) is 6.78. The minimum absolute atomic E-state index is 0.561. The summed E-state index contributed by atoms with van der Waals surface area (Å²) in [6.45, 7) is 3.00. The molecule has 1 fully saturated rings. The molecule has 2 aromatic carbocycles. The predicted molar refractivity (Wildman–Crippen MR) is 138 cm³/mol. The largest absolute Gasteiger partial charge is 0.302 e. The van der Waals surface area contributed by atoms with Crippen LogP contribution in [0.15, 0.2) is 85.1 Å². The van der Waals surface area contributed by atoms with Crippen LogP contribution in [0.5, 0.6) is 0 Å². The van der Waals surface area contributed by atoms with E-state index in [1.54, 1.807) is 11.6 Å². The summed E-state index contributed by atoms with van der Waals surface area (Å²) in [4.78, 5) is 18.9. The van der Waals surface area contributed by atoms with E-state index in [4.69, 9.17) is 10.2 Å². The SMILES string of the molecule is O=C(/C=C/c1ccn2c(CN3CCC(Cc4ccccc4)CC3)c(-c3ccccc3)nc2c1)NO. The number of hydrogen-bond donors (Lipinski definition) is 2. The second kappa shape index (κ2) is 10.7. The van der Waals surface area contributed by atoms with E-state index in [2.05, 4.69) is 51.8 Å². The molecule has 2 N–H and O–H groups in total. The molecule has 0 radical (unpaired) electrons. The van der Waals surface area contributed by atoms with Crippen LogP contribution in [-0.2, 0) is 17.8 Å². The summed E-state index contributed by atoms with van der Waals surface area (Å²) in [5.41, 5.74) is 8.00. The van der Waals surface area contributed by atoms with Gasteiger partial charge in [0.2, 0.25) is 0 Å². The Labute approximate surface area is 205 Å². The third-order valence-electron chi connectivity index (χ3n) is 6.78. The Hall–Kier alpha value is -3.74. The van der Waals surface area contributed by atoms with Gasteiger partial charge in [0.05, 0.1) is 11.4 Å². The van der Waals surface area contributed by atoms with E-state index >= 15 is 0 Å². The van der Waals surface area contributed by atoms with Crippen molar-refractivity contribution >= 4 is 17.6 Å². The van der Waals surface area contributed by atoms with E-state index in [-0.39, 0.29) is 0 Å². The first-order valence-corrected chi connectivity index (χ1v) is 12.1. The maximum Gasteiger partial charge on any atom is 0.267 e. The van der Waals surface area contributed by atoms with Gasteiger partial charge in [-0.25, -0.2) is 10.5 Å². The Bertz CT molecular complexity index is 1310. The van der Waals surface area contributed by atoms with E-state index in [1.807, 2.05) is 36.5 Å². The maximum absolute atomic E-state index is 11.4. The Morgan fingerprint density at radius 3 is 2.46 bits per heavy atom. The van der Waals surface area contributed by atoms with Crippen molar-refractivity contribution in [1.82, 2.24) is 19.8 Å². The highest BCUT2D eigenvalue weighted by atomic mass is 16.5. The number of pyridine rings is 1. The summed E-state index contributed by atoms with van der Waals surface area (Å²) in [7, 11) is 0. The van der Waals surface area contributed by atoms with Gasteiger partial charge in [-0.1, -0.05) is 60.7 Å². The fraction of sp³-hybridized carbons (Fsp3) is 0.241. The molecule has 1 aliphatic heterocycles. The molecule has 0 atom stereocenters. The molecule has 6 nitrogen and oxygen atoms in total. The topological polar surface area (TPSA) is 69.9 Å². The summed E-state index contributed by atoms with van der Waals surface area (Å²) in [6, 6.07) is 25.0. The summed E-state index contributed by atoms with van der Waals surface area (Å²) in [5.74, 6) is 0.171. The van der Waals surface area contributed by atoms with Crippen molar-refractivity contribution in [2.24, 2.45) is 5.92 Å². The van der Waals surface area contributed by atoms with Gasteiger partial charge in [0, 0.05) is 24.4 Å². The van der Waals surface area contributed by atoms with Crippen LogP contribution in [0.4, 0.5) is 0 Å². The Balaban J connectivity index is 1.37. The summed E-state index contributed by atoms with van der Waals surface area (Å²) >= 11 is 0. The maximum atomic E-state index is 11.4. The predicted octanol–water partition coefficient (Wildman–Crippen LogP) is 4.97. The first-order valence-electron chi connectivity index (χ1n) is 12.1. The summed E-state index contributed by atoms with van der Waals surface area (Å²) < 4.78 is 2.15. The monoisotopic (exact) mass is 466 g/mol. The van der Waals surface area contributed by atoms with Gasteiger partial charge in [-0.3, -0.25) is 14.9 Å². The van der Waals surface area contributed by atoms with Gasteiger partial charge in [-0.2, -0.15) is 0 Å². The van der Waals surface area contributed by atoms with Gasteiger partial charge in [0.15, 0.2) is 0 Å². The lowest BCUT2D eigenvalue weighted by Crippen LogP contribution is -2.34. The molecule has 0 bridgehead atoms. The molecule has 1 saturated heterocycles. The van der Waals surface area contributed by atoms with Gasteiger partial charge in [-0.05, 0) is 67.6 Å². The number of likely N-dealkylation sites (tertiary alicyclic amines) is 1. The average molecular weight is 467 g/mol. The van der Waals surface area contributed by atoms with Crippen molar-refractivity contribution < 1.29 is 10.0 Å². The zero-order valence-electron chi connectivity index (χ0n) is 19.7. The highest BCUT2D eigenvalue weighted by Crippen LogP contribution is 2.28. The fourth-order valence-corrected chi connectivity index (χ4v) is 4.91. The first kappa shape index (κ1) is 23.0. The standard InChI is InChI=1S/C29H30N4O2/c34-28(31-35)12-11-23-15-18-33-26(29(30-27(33)20-23)25-9-5-2-6-10-25)21-32-16-13-24(14-17-32)19-22-7-3-1-4-8-22/h1-12,15,18,20,24,35H,13-14,16-17,19,21H2,(H,31,34)/b12-11+. The smallest absolute Gasteiger partial charge is 0.267 e. The van der Waals surface area contributed by atoms with Gasteiger partial charge >= 0.3 is 0 Å². The van der Waals surface area contributed by atoms with Crippen LogP contribution in [0.3, 0.4) is 0 Å². The molecule has 0 unspecified atom stereocenters. The van der Waals surface area contributed by atoms with E-state index < -0.39 is 5.91 Å². The van der Waals surface area contributed by atoms with Crippen LogP contribution in [-0.4, -0.2) is 38.5 Å². The van der Waals surface area contributed by atoms with E-state index in [0.29, 0.717) is 0 Å². The number of hydrogen-bond acceptors (Lipinski definition) is 4. The molecule has 2 aromatic heterocycles. The molecule has 178 valence electrons. The molecule has 5 rings (SSSR count). The van der Waals surface area contributed by atoms with Gasteiger partial charge in [-0.15, -0.1) is 0 Å². The lowest BCUT2D eigenvalue weighted by molar-refractivity contribution is -0.124. The molecule has 0 spiro atoms. The minimum atomic E-state index is -0.561. The number of nitrogens with one attached hydrogen (secondary N) is 1. The van der Waals surface area contributed by atoms with Crippen molar-refractivity contribution in [3.63, 3.8) is 0 Å². The fourth-order valence-electron chi connectivity index (χ4n) is 4.91. The Morgan fingerprint density at radius 2 is 1.74 bits per heavy atom. The third kappa shape index (κ3) is 5.50. The molecule has 1 amide bonds. The second-order valence-corrected chi connectivity index (χ2v) is 9.18. The van der Waals surface area contributed by atoms with E-state index in [9.17, 15) is 4.79 Å². The van der Waals surface area contributed by atoms with Crippen LogP contribution in [0.25, 0.3) is 23.0 Å². The second-order valence-electron chi connectivity index (χ2n) is 9.18. The van der Waals surface area contributed by atoms with Gasteiger partial charge < -0.3 is 4.40 Å². The van der Waals surface area contributed by atoms with Crippen molar-refractivity contribution in [2.75, 3.05) is 13.1 Å².